The lowest BCUT2D eigenvalue weighted by Crippen LogP contribution is -2.43. The molecule has 2 aromatic rings. The number of hydrogen-bond acceptors (Lipinski definition) is 4. The summed E-state index contributed by atoms with van der Waals surface area (Å²) in [5.41, 5.74) is 9.44. The highest BCUT2D eigenvalue weighted by atomic mass is 15.2. The number of anilines is 1. The van der Waals surface area contributed by atoms with Crippen LogP contribution in [0, 0.1) is 0 Å². The Bertz CT molecular complexity index is 569. The van der Waals surface area contributed by atoms with Gasteiger partial charge in [-0.25, -0.2) is 0 Å². The molecule has 0 amide bonds. The van der Waals surface area contributed by atoms with E-state index in [1.165, 1.54) is 11.1 Å². The normalized spacial score (nSPS) is 17.4. The van der Waals surface area contributed by atoms with E-state index in [4.69, 9.17) is 5.73 Å². The van der Waals surface area contributed by atoms with Gasteiger partial charge in [-0.15, -0.1) is 0 Å². The average Bonchev–Trinajstić information content (AvgIpc) is 2.88. The Kier molecular flexibility index (Phi) is 3.71. The maximum Gasteiger partial charge on any atom is 0.126 e. The monoisotopic (exact) mass is 271 g/mol. The predicted molar refractivity (Wildman–Crippen MR) is 81.2 cm³/mol. The first-order chi connectivity index (χ1) is 9.74. The second-order valence-corrected chi connectivity index (χ2v) is 5.43. The maximum atomic E-state index is 5.95. The molecule has 1 aromatic carbocycles. The Morgan fingerprint density at radius 2 is 1.90 bits per heavy atom. The molecule has 2 heterocycles. The first-order valence-corrected chi connectivity index (χ1v) is 7.02. The quantitative estimate of drug-likeness (QED) is 0.886. The molecule has 5 heteroatoms. The van der Waals surface area contributed by atoms with Crippen molar-refractivity contribution in [3.8, 4) is 11.1 Å². The van der Waals surface area contributed by atoms with Crippen molar-refractivity contribution in [1.29, 1.82) is 0 Å². The lowest BCUT2D eigenvalue weighted by Gasteiger charge is -2.32. The van der Waals surface area contributed by atoms with Gasteiger partial charge in [0, 0.05) is 38.3 Å². The van der Waals surface area contributed by atoms with Crippen LogP contribution in [0.4, 0.5) is 5.82 Å². The van der Waals surface area contributed by atoms with Crippen LogP contribution in [0.1, 0.15) is 5.56 Å². The number of nitrogen functional groups attached to an aromatic ring is 1. The largest absolute Gasteiger partial charge is 0.384 e. The molecular formula is C15H21N5. The minimum Gasteiger partial charge on any atom is -0.384 e. The third kappa shape index (κ3) is 2.69. The maximum absolute atomic E-state index is 5.95. The van der Waals surface area contributed by atoms with E-state index in [9.17, 15) is 0 Å². The Balaban J connectivity index is 1.82. The van der Waals surface area contributed by atoms with Crippen molar-refractivity contribution in [1.82, 2.24) is 20.0 Å². The van der Waals surface area contributed by atoms with Crippen LogP contribution in [0.3, 0.4) is 0 Å². The summed E-state index contributed by atoms with van der Waals surface area (Å²) in [5, 5.41) is 6.84. The predicted octanol–water partition coefficient (Wildman–Crippen LogP) is 1.41. The van der Waals surface area contributed by atoms with Crippen LogP contribution < -0.4 is 5.73 Å². The van der Waals surface area contributed by atoms with Crippen LogP contribution in [0.2, 0.25) is 0 Å². The van der Waals surface area contributed by atoms with Gasteiger partial charge in [-0.3, -0.25) is 10.00 Å². The van der Waals surface area contributed by atoms with Crippen LogP contribution in [-0.2, 0) is 6.54 Å². The van der Waals surface area contributed by atoms with Gasteiger partial charge in [0.15, 0.2) is 0 Å². The molecule has 3 N–H and O–H groups in total. The topological polar surface area (TPSA) is 61.2 Å². The molecule has 3 rings (SSSR count). The number of nitrogens with one attached hydrogen (secondary N) is 1. The van der Waals surface area contributed by atoms with Crippen molar-refractivity contribution in [2.75, 3.05) is 39.0 Å². The number of piperazine rings is 1. The SMILES string of the molecule is CN1CCN(Cc2ccccc2-c2cn[nH]c2N)CC1. The number of likely N-dealkylation sites (N-methyl/N-ethyl adjacent to an activating group) is 1. The third-order valence-electron chi connectivity index (χ3n) is 3.97. The van der Waals surface area contributed by atoms with Gasteiger partial charge in [-0.1, -0.05) is 24.3 Å². The van der Waals surface area contributed by atoms with Crippen molar-refractivity contribution in [3.63, 3.8) is 0 Å². The van der Waals surface area contributed by atoms with E-state index in [1.807, 2.05) is 0 Å². The number of nitrogens with zero attached hydrogens (tertiary/aromatic N) is 3. The molecule has 106 valence electrons. The summed E-state index contributed by atoms with van der Waals surface area (Å²) in [7, 11) is 2.18. The number of H-pyrrole nitrogens is 1. The van der Waals surface area contributed by atoms with Crippen LogP contribution >= 0.6 is 0 Å². The second kappa shape index (κ2) is 5.64. The zero-order valence-corrected chi connectivity index (χ0v) is 11.8. The molecule has 0 atom stereocenters. The van der Waals surface area contributed by atoms with E-state index in [1.54, 1.807) is 6.20 Å². The molecule has 1 aromatic heterocycles. The average molecular weight is 271 g/mol. The van der Waals surface area contributed by atoms with Crippen molar-refractivity contribution in [3.05, 3.63) is 36.0 Å². The molecule has 0 unspecified atom stereocenters. The summed E-state index contributed by atoms with van der Waals surface area (Å²) in [6, 6.07) is 8.44. The zero-order chi connectivity index (χ0) is 13.9. The summed E-state index contributed by atoms with van der Waals surface area (Å²) in [5.74, 6) is 0.635. The molecule has 1 aliphatic rings. The van der Waals surface area contributed by atoms with Gasteiger partial charge in [0.1, 0.15) is 5.82 Å². The van der Waals surface area contributed by atoms with Crippen LogP contribution in [0.5, 0.6) is 0 Å². The molecular weight excluding hydrogens is 250 g/mol. The molecule has 1 aliphatic heterocycles. The first-order valence-electron chi connectivity index (χ1n) is 7.02. The van der Waals surface area contributed by atoms with E-state index in [2.05, 4.69) is 51.3 Å². The minimum absolute atomic E-state index is 0.635. The van der Waals surface area contributed by atoms with Gasteiger partial charge in [-0.05, 0) is 18.2 Å². The molecule has 1 fully saturated rings. The Labute approximate surface area is 119 Å². The number of hydrogen-bond donors (Lipinski definition) is 2. The highest BCUT2D eigenvalue weighted by molar-refractivity contribution is 5.75. The van der Waals surface area contributed by atoms with Crippen LogP contribution in [-0.4, -0.2) is 53.2 Å². The van der Waals surface area contributed by atoms with Gasteiger partial charge < -0.3 is 10.6 Å². The molecule has 0 spiro atoms. The van der Waals surface area contributed by atoms with Crippen LogP contribution in [0.15, 0.2) is 30.5 Å². The molecule has 1 saturated heterocycles. The Morgan fingerprint density at radius 3 is 2.60 bits per heavy atom. The highest BCUT2D eigenvalue weighted by Gasteiger charge is 2.16. The summed E-state index contributed by atoms with van der Waals surface area (Å²) in [4.78, 5) is 4.87. The van der Waals surface area contributed by atoms with Crippen molar-refractivity contribution in [2.45, 2.75) is 6.54 Å². The van der Waals surface area contributed by atoms with E-state index in [0.717, 1.165) is 38.3 Å². The first kappa shape index (κ1) is 13.1. The molecule has 0 radical (unpaired) electrons. The fraction of sp³-hybridized carbons (Fsp3) is 0.400. The summed E-state index contributed by atoms with van der Waals surface area (Å²) >= 11 is 0. The van der Waals surface area contributed by atoms with Gasteiger partial charge in [0.2, 0.25) is 0 Å². The van der Waals surface area contributed by atoms with E-state index >= 15 is 0 Å². The van der Waals surface area contributed by atoms with Crippen molar-refractivity contribution >= 4 is 5.82 Å². The van der Waals surface area contributed by atoms with Gasteiger partial charge in [0.05, 0.1) is 6.20 Å². The fourth-order valence-corrected chi connectivity index (χ4v) is 2.68. The zero-order valence-electron chi connectivity index (χ0n) is 11.8. The Hall–Kier alpha value is -1.85. The van der Waals surface area contributed by atoms with Crippen LogP contribution in [0.25, 0.3) is 11.1 Å². The molecule has 0 saturated carbocycles. The summed E-state index contributed by atoms with van der Waals surface area (Å²) in [6.45, 7) is 5.47. The minimum atomic E-state index is 0.635. The fourth-order valence-electron chi connectivity index (χ4n) is 2.68. The summed E-state index contributed by atoms with van der Waals surface area (Å²) in [6.07, 6.45) is 1.80. The highest BCUT2D eigenvalue weighted by Crippen LogP contribution is 2.28. The van der Waals surface area contributed by atoms with Crippen molar-refractivity contribution in [2.24, 2.45) is 0 Å². The lowest BCUT2D eigenvalue weighted by atomic mass is 10.0. The number of aromatic amines is 1. The summed E-state index contributed by atoms with van der Waals surface area (Å²) < 4.78 is 0. The molecule has 5 nitrogen and oxygen atoms in total. The number of nitrogens with two attached hydrogens (primary N) is 1. The van der Waals surface area contributed by atoms with E-state index < -0.39 is 0 Å². The van der Waals surface area contributed by atoms with Gasteiger partial charge in [-0.2, -0.15) is 5.10 Å². The van der Waals surface area contributed by atoms with Gasteiger partial charge >= 0.3 is 0 Å². The van der Waals surface area contributed by atoms with E-state index in [-0.39, 0.29) is 0 Å². The van der Waals surface area contributed by atoms with E-state index in [0.29, 0.717) is 5.82 Å². The number of rotatable bonds is 3. The van der Waals surface area contributed by atoms with Crippen molar-refractivity contribution < 1.29 is 0 Å². The standard InChI is InChI=1S/C15H21N5/c1-19-6-8-20(9-7-19)11-12-4-2-3-5-13(12)14-10-17-18-15(14)16/h2-5,10H,6-9,11H2,1H3,(H3,16,17,18). The second-order valence-electron chi connectivity index (χ2n) is 5.43. The Morgan fingerprint density at radius 1 is 1.15 bits per heavy atom. The number of benzene rings is 1. The van der Waals surface area contributed by atoms with Gasteiger partial charge in [0.25, 0.3) is 0 Å². The molecule has 20 heavy (non-hydrogen) atoms. The lowest BCUT2D eigenvalue weighted by molar-refractivity contribution is 0.148. The smallest absolute Gasteiger partial charge is 0.126 e. The third-order valence-corrected chi connectivity index (χ3v) is 3.97. The molecule has 0 bridgehead atoms. The molecule has 0 aliphatic carbocycles. The number of aromatic nitrogens is 2.